The number of fused-ring (bicyclic) bond motifs is 1. The Morgan fingerprint density at radius 3 is 2.69 bits per heavy atom. The zero-order chi connectivity index (χ0) is 22.2. The molecule has 162 valence electrons. The van der Waals surface area contributed by atoms with Gasteiger partial charge in [0.25, 0.3) is 5.91 Å². The van der Waals surface area contributed by atoms with Gasteiger partial charge in [-0.25, -0.2) is 4.98 Å². The third-order valence-corrected chi connectivity index (χ3v) is 6.30. The first-order valence-corrected chi connectivity index (χ1v) is 10.8. The Morgan fingerprint density at radius 1 is 1.06 bits per heavy atom. The minimum atomic E-state index is -0.0678. The second-order valence-corrected chi connectivity index (χ2v) is 8.28. The molecule has 1 aliphatic heterocycles. The van der Waals surface area contributed by atoms with E-state index in [2.05, 4.69) is 33.3 Å². The molecule has 7 heteroatoms. The zero-order valence-corrected chi connectivity index (χ0v) is 18.4. The van der Waals surface area contributed by atoms with E-state index >= 15 is 0 Å². The number of nitrogens with zero attached hydrogens (tertiary/aromatic N) is 4. The molecule has 1 fully saturated rings. The van der Waals surface area contributed by atoms with Gasteiger partial charge < -0.3 is 14.6 Å². The Balaban J connectivity index is 1.40. The predicted octanol–water partition coefficient (Wildman–Crippen LogP) is 5.26. The molecule has 4 aromatic rings. The molecular weight excluding hydrogens is 402 g/mol. The summed E-state index contributed by atoms with van der Waals surface area (Å²) in [6, 6.07) is 7.97. The lowest BCUT2D eigenvalue weighted by Crippen LogP contribution is -2.31. The first-order valence-electron chi connectivity index (χ1n) is 10.8. The average molecular weight is 428 g/mol. The van der Waals surface area contributed by atoms with Crippen molar-refractivity contribution in [1.82, 2.24) is 19.9 Å². The average Bonchev–Trinajstić information content (AvgIpc) is 3.43. The zero-order valence-electron chi connectivity index (χ0n) is 18.4. The summed E-state index contributed by atoms with van der Waals surface area (Å²) in [7, 11) is 0. The van der Waals surface area contributed by atoms with Crippen molar-refractivity contribution in [3.8, 4) is 0 Å². The highest BCUT2D eigenvalue weighted by molar-refractivity contribution is 6.00. The van der Waals surface area contributed by atoms with Crippen LogP contribution in [0.15, 0.2) is 53.5 Å². The quantitative estimate of drug-likeness (QED) is 0.478. The maximum absolute atomic E-state index is 13.5. The van der Waals surface area contributed by atoms with Gasteiger partial charge in [0.05, 0.1) is 29.8 Å². The van der Waals surface area contributed by atoms with Gasteiger partial charge in [0.1, 0.15) is 11.4 Å². The number of aromatic nitrogens is 3. The van der Waals surface area contributed by atoms with Crippen molar-refractivity contribution < 1.29 is 9.21 Å². The fourth-order valence-corrected chi connectivity index (χ4v) is 4.36. The van der Waals surface area contributed by atoms with Crippen LogP contribution in [0.2, 0.25) is 0 Å². The third-order valence-electron chi connectivity index (χ3n) is 6.30. The number of anilines is 2. The van der Waals surface area contributed by atoms with E-state index in [0.717, 1.165) is 51.9 Å². The highest BCUT2D eigenvalue weighted by Gasteiger charge is 2.34. The Morgan fingerprint density at radius 2 is 1.94 bits per heavy atom. The van der Waals surface area contributed by atoms with Gasteiger partial charge in [-0.3, -0.25) is 14.8 Å². The maximum Gasteiger partial charge on any atom is 0.290 e. The highest BCUT2D eigenvalue weighted by atomic mass is 16.3. The fraction of sp³-hybridized carbons (Fsp3) is 0.280. The van der Waals surface area contributed by atoms with Crippen LogP contribution in [-0.4, -0.2) is 32.3 Å². The highest BCUT2D eigenvalue weighted by Crippen LogP contribution is 2.36. The largest absolute Gasteiger partial charge is 0.450 e. The van der Waals surface area contributed by atoms with Gasteiger partial charge in [-0.05, 0) is 56.9 Å². The summed E-state index contributed by atoms with van der Waals surface area (Å²) in [5.74, 6) is 1.02. The van der Waals surface area contributed by atoms with Crippen molar-refractivity contribution in [2.24, 2.45) is 0 Å². The number of furan rings is 1. The molecule has 1 atom stereocenters. The third kappa shape index (κ3) is 3.49. The maximum atomic E-state index is 13.5. The molecule has 32 heavy (non-hydrogen) atoms. The number of hydrogen-bond acceptors (Lipinski definition) is 6. The summed E-state index contributed by atoms with van der Waals surface area (Å²) in [6.07, 6.45) is 8.51. The van der Waals surface area contributed by atoms with Crippen molar-refractivity contribution in [1.29, 1.82) is 0 Å². The molecule has 0 bridgehead atoms. The molecule has 5 rings (SSSR count). The van der Waals surface area contributed by atoms with Crippen molar-refractivity contribution in [3.63, 3.8) is 0 Å². The number of benzene rings is 1. The molecule has 1 amide bonds. The van der Waals surface area contributed by atoms with E-state index in [9.17, 15) is 4.79 Å². The first-order chi connectivity index (χ1) is 15.5. The number of hydrogen-bond donors (Lipinski definition) is 1. The topological polar surface area (TPSA) is 84.2 Å². The van der Waals surface area contributed by atoms with Crippen molar-refractivity contribution >= 4 is 28.4 Å². The second-order valence-electron chi connectivity index (χ2n) is 8.28. The number of likely N-dealkylation sites (tertiary alicyclic amines) is 1. The Labute approximate surface area is 186 Å². The molecule has 1 aromatic carbocycles. The van der Waals surface area contributed by atoms with E-state index in [1.165, 1.54) is 0 Å². The van der Waals surface area contributed by atoms with Crippen LogP contribution < -0.4 is 5.32 Å². The summed E-state index contributed by atoms with van der Waals surface area (Å²) in [5.41, 5.74) is 5.64. The number of pyridine rings is 1. The van der Waals surface area contributed by atoms with E-state index in [1.807, 2.05) is 36.9 Å². The second kappa shape index (κ2) is 8.07. The van der Waals surface area contributed by atoms with Crippen molar-refractivity contribution in [3.05, 3.63) is 77.2 Å². The lowest BCUT2D eigenvalue weighted by molar-refractivity contribution is 0.0702. The minimum Gasteiger partial charge on any atom is -0.450 e. The molecule has 0 spiro atoms. The van der Waals surface area contributed by atoms with Crippen LogP contribution in [0, 0.1) is 20.8 Å². The predicted molar refractivity (Wildman–Crippen MR) is 123 cm³/mol. The Hall–Kier alpha value is -3.74. The van der Waals surface area contributed by atoms with E-state index in [1.54, 1.807) is 24.8 Å². The number of aryl methyl sites for hydroxylation is 3. The van der Waals surface area contributed by atoms with Crippen LogP contribution in [0.5, 0.6) is 0 Å². The monoisotopic (exact) mass is 427 g/mol. The van der Waals surface area contributed by atoms with Crippen LogP contribution in [0.25, 0.3) is 11.0 Å². The SMILES string of the molecule is Cc1ccc2c(C)c(C(=O)N3CCC[C@@H]3c3ccc(Nc4cnccn4)cn3)oc2c1C. The smallest absolute Gasteiger partial charge is 0.290 e. The van der Waals surface area contributed by atoms with E-state index in [0.29, 0.717) is 18.1 Å². The van der Waals surface area contributed by atoms with Gasteiger partial charge in [0.2, 0.25) is 0 Å². The lowest BCUT2D eigenvalue weighted by Gasteiger charge is -2.23. The van der Waals surface area contributed by atoms with Crippen molar-refractivity contribution in [2.75, 3.05) is 11.9 Å². The molecule has 1 N–H and O–H groups in total. The van der Waals surface area contributed by atoms with Crippen LogP contribution in [-0.2, 0) is 0 Å². The Bertz CT molecular complexity index is 1280. The molecule has 1 aliphatic rings. The molecule has 0 aliphatic carbocycles. The summed E-state index contributed by atoms with van der Waals surface area (Å²) in [5, 5.41) is 4.19. The van der Waals surface area contributed by atoms with Gasteiger partial charge in [-0.2, -0.15) is 0 Å². The molecular formula is C25H25N5O2. The summed E-state index contributed by atoms with van der Waals surface area (Å²) >= 11 is 0. The van der Waals surface area contributed by atoms with E-state index in [4.69, 9.17) is 4.42 Å². The standard InChI is InChI=1S/C25H25N5O2/c1-15-6-8-19-17(3)24(32-23(19)16(15)2)25(31)30-12-4-5-21(30)20-9-7-18(13-28-20)29-22-14-26-10-11-27-22/h6-11,13-14,21H,4-5,12H2,1-3H3,(H,27,29)/t21-/m1/s1. The number of rotatable bonds is 4. The number of carbonyl (C=O) groups is 1. The summed E-state index contributed by atoms with van der Waals surface area (Å²) < 4.78 is 6.12. The Kier molecular flexibility index (Phi) is 5.09. The van der Waals surface area contributed by atoms with Crippen LogP contribution in [0.3, 0.4) is 0 Å². The molecule has 3 aromatic heterocycles. The number of amides is 1. The van der Waals surface area contributed by atoms with Gasteiger partial charge >= 0.3 is 0 Å². The normalized spacial score (nSPS) is 16.0. The molecule has 4 heterocycles. The van der Waals surface area contributed by atoms with Gasteiger partial charge in [-0.15, -0.1) is 0 Å². The van der Waals surface area contributed by atoms with Gasteiger partial charge in [-0.1, -0.05) is 12.1 Å². The van der Waals surface area contributed by atoms with Crippen molar-refractivity contribution in [2.45, 2.75) is 39.7 Å². The van der Waals surface area contributed by atoms with Gasteiger partial charge in [0, 0.05) is 29.9 Å². The summed E-state index contributed by atoms with van der Waals surface area (Å²) in [6.45, 7) is 6.75. The lowest BCUT2D eigenvalue weighted by atomic mass is 10.0. The first kappa shape index (κ1) is 20.2. The van der Waals surface area contributed by atoms with Crippen LogP contribution in [0.4, 0.5) is 11.5 Å². The number of nitrogens with one attached hydrogen (secondary N) is 1. The van der Waals surface area contributed by atoms with E-state index < -0.39 is 0 Å². The minimum absolute atomic E-state index is 0.0662. The van der Waals surface area contributed by atoms with Crippen LogP contribution in [0.1, 0.15) is 51.8 Å². The van der Waals surface area contributed by atoms with Crippen LogP contribution >= 0.6 is 0 Å². The summed E-state index contributed by atoms with van der Waals surface area (Å²) in [4.78, 5) is 28.3. The molecule has 0 unspecified atom stereocenters. The molecule has 7 nitrogen and oxygen atoms in total. The van der Waals surface area contributed by atoms with E-state index in [-0.39, 0.29) is 11.9 Å². The molecule has 0 saturated carbocycles. The fourth-order valence-electron chi connectivity index (χ4n) is 4.36. The molecule has 1 saturated heterocycles. The number of carbonyl (C=O) groups excluding carboxylic acids is 1. The van der Waals surface area contributed by atoms with Gasteiger partial charge in [0.15, 0.2) is 5.76 Å². The molecule has 0 radical (unpaired) electrons.